The Kier molecular flexibility index (Phi) is 5.20. The lowest BCUT2D eigenvalue weighted by atomic mass is 9.96. The molecule has 1 aliphatic rings. The van der Waals surface area contributed by atoms with Gasteiger partial charge in [0, 0.05) is 22.9 Å². The summed E-state index contributed by atoms with van der Waals surface area (Å²) in [5.74, 6) is -1.11. The standard InChI is InChI=1S/C16H23N3O2/c17-15(20)11-8-12(16(18)21)10-14(9-11)19-13-6-4-2-1-3-5-7-13/h8-10,13,19H,1-7H2,(H2,17,20)(H2,18,21). The molecule has 0 bridgehead atoms. The summed E-state index contributed by atoms with van der Waals surface area (Å²) in [5, 5.41) is 3.42. The van der Waals surface area contributed by atoms with Crippen molar-refractivity contribution in [1.29, 1.82) is 0 Å². The van der Waals surface area contributed by atoms with Crippen LogP contribution in [-0.2, 0) is 0 Å². The highest BCUT2D eigenvalue weighted by molar-refractivity contribution is 5.99. The molecule has 1 saturated carbocycles. The van der Waals surface area contributed by atoms with Crippen LogP contribution < -0.4 is 16.8 Å². The van der Waals surface area contributed by atoms with Gasteiger partial charge in [0.1, 0.15) is 0 Å². The predicted octanol–water partition coefficient (Wildman–Crippen LogP) is 2.41. The number of hydrogen-bond donors (Lipinski definition) is 3. The monoisotopic (exact) mass is 289 g/mol. The van der Waals surface area contributed by atoms with Crippen molar-refractivity contribution in [1.82, 2.24) is 0 Å². The Morgan fingerprint density at radius 1 is 0.857 bits per heavy atom. The first kappa shape index (κ1) is 15.4. The molecule has 2 amide bonds. The number of amides is 2. The molecule has 1 aliphatic carbocycles. The van der Waals surface area contributed by atoms with Gasteiger partial charge in [0.15, 0.2) is 0 Å². The number of primary amides is 2. The molecule has 0 radical (unpaired) electrons. The van der Waals surface area contributed by atoms with E-state index in [1.807, 2.05) is 0 Å². The third-order valence-electron chi connectivity index (χ3n) is 3.98. The SMILES string of the molecule is NC(=O)c1cc(NC2CCCCCCC2)cc(C(N)=O)c1. The van der Waals surface area contributed by atoms with Crippen molar-refractivity contribution in [3.05, 3.63) is 29.3 Å². The summed E-state index contributed by atoms with van der Waals surface area (Å²) in [6.07, 6.45) is 8.47. The highest BCUT2D eigenvalue weighted by atomic mass is 16.1. The van der Waals surface area contributed by atoms with E-state index in [1.54, 1.807) is 12.1 Å². The number of hydrogen-bond acceptors (Lipinski definition) is 3. The molecule has 0 aliphatic heterocycles. The van der Waals surface area contributed by atoms with Gasteiger partial charge in [-0.3, -0.25) is 9.59 Å². The van der Waals surface area contributed by atoms with Gasteiger partial charge in [-0.15, -0.1) is 0 Å². The van der Waals surface area contributed by atoms with Gasteiger partial charge in [-0.05, 0) is 31.0 Å². The van der Waals surface area contributed by atoms with Crippen LogP contribution in [0.5, 0.6) is 0 Å². The predicted molar refractivity (Wildman–Crippen MR) is 83.2 cm³/mol. The molecule has 0 atom stereocenters. The van der Waals surface area contributed by atoms with E-state index < -0.39 is 11.8 Å². The Bertz CT molecular complexity index is 488. The van der Waals surface area contributed by atoms with Crippen LogP contribution in [0.2, 0.25) is 0 Å². The van der Waals surface area contributed by atoms with E-state index in [-0.39, 0.29) is 0 Å². The summed E-state index contributed by atoms with van der Waals surface area (Å²) < 4.78 is 0. The topological polar surface area (TPSA) is 98.2 Å². The van der Waals surface area contributed by atoms with Gasteiger partial charge in [-0.1, -0.05) is 32.1 Å². The molecule has 1 fully saturated rings. The molecule has 1 aromatic carbocycles. The lowest BCUT2D eigenvalue weighted by Crippen LogP contribution is -2.22. The Balaban J connectivity index is 2.17. The van der Waals surface area contributed by atoms with Gasteiger partial charge in [0.25, 0.3) is 0 Å². The smallest absolute Gasteiger partial charge is 0.248 e. The molecule has 5 N–H and O–H groups in total. The molecule has 5 heteroatoms. The second kappa shape index (κ2) is 7.11. The Labute approximate surface area is 125 Å². The van der Waals surface area contributed by atoms with Crippen LogP contribution in [0.1, 0.15) is 65.7 Å². The lowest BCUT2D eigenvalue weighted by molar-refractivity contribution is 0.0999. The van der Waals surface area contributed by atoms with Crippen molar-refractivity contribution >= 4 is 17.5 Å². The zero-order valence-corrected chi connectivity index (χ0v) is 12.2. The summed E-state index contributed by atoms with van der Waals surface area (Å²) in [6.45, 7) is 0. The third-order valence-corrected chi connectivity index (χ3v) is 3.98. The van der Waals surface area contributed by atoms with Gasteiger partial charge >= 0.3 is 0 Å². The molecule has 2 rings (SSSR count). The average Bonchev–Trinajstić information content (AvgIpc) is 2.41. The molecule has 1 aromatic rings. The zero-order chi connectivity index (χ0) is 15.2. The highest BCUT2D eigenvalue weighted by Crippen LogP contribution is 2.22. The van der Waals surface area contributed by atoms with E-state index in [0.717, 1.165) is 18.5 Å². The maximum atomic E-state index is 11.4. The van der Waals surface area contributed by atoms with Crippen molar-refractivity contribution in [2.75, 3.05) is 5.32 Å². The molecule has 0 unspecified atom stereocenters. The maximum Gasteiger partial charge on any atom is 0.248 e. The Morgan fingerprint density at radius 2 is 1.33 bits per heavy atom. The number of carbonyl (C=O) groups excluding carboxylic acids is 2. The first-order valence-corrected chi connectivity index (χ1v) is 7.57. The van der Waals surface area contributed by atoms with Gasteiger partial charge in [0.05, 0.1) is 0 Å². The normalized spacial score (nSPS) is 16.8. The van der Waals surface area contributed by atoms with Crippen LogP contribution in [0.4, 0.5) is 5.69 Å². The summed E-state index contributed by atoms with van der Waals surface area (Å²) in [7, 11) is 0. The minimum atomic E-state index is -0.557. The Hall–Kier alpha value is -2.04. The van der Waals surface area contributed by atoms with Crippen molar-refractivity contribution in [3.8, 4) is 0 Å². The minimum absolute atomic E-state index is 0.305. The molecule has 0 spiro atoms. The number of anilines is 1. The van der Waals surface area contributed by atoms with Gasteiger partial charge in [0.2, 0.25) is 11.8 Å². The lowest BCUT2D eigenvalue weighted by Gasteiger charge is -2.22. The maximum absolute atomic E-state index is 11.4. The summed E-state index contributed by atoms with van der Waals surface area (Å²) in [4.78, 5) is 22.7. The van der Waals surface area contributed by atoms with Gasteiger partial charge in [-0.2, -0.15) is 0 Å². The number of nitrogens with one attached hydrogen (secondary N) is 1. The fourth-order valence-electron chi connectivity index (χ4n) is 2.83. The van der Waals surface area contributed by atoms with Crippen molar-refractivity contribution in [2.24, 2.45) is 11.5 Å². The summed E-state index contributed by atoms with van der Waals surface area (Å²) in [6, 6.07) is 5.18. The second-order valence-corrected chi connectivity index (χ2v) is 5.71. The first-order valence-electron chi connectivity index (χ1n) is 7.57. The van der Waals surface area contributed by atoms with E-state index in [0.29, 0.717) is 17.2 Å². The highest BCUT2D eigenvalue weighted by Gasteiger charge is 2.14. The molecular formula is C16H23N3O2. The molecular weight excluding hydrogens is 266 g/mol. The number of benzene rings is 1. The van der Waals surface area contributed by atoms with Crippen LogP contribution in [0.3, 0.4) is 0 Å². The fourth-order valence-corrected chi connectivity index (χ4v) is 2.83. The fraction of sp³-hybridized carbons (Fsp3) is 0.500. The molecule has 0 saturated heterocycles. The van der Waals surface area contributed by atoms with Crippen LogP contribution in [0, 0.1) is 0 Å². The van der Waals surface area contributed by atoms with E-state index in [2.05, 4.69) is 5.32 Å². The van der Waals surface area contributed by atoms with Gasteiger partial charge < -0.3 is 16.8 Å². The third kappa shape index (κ3) is 4.48. The van der Waals surface area contributed by atoms with E-state index in [9.17, 15) is 9.59 Å². The van der Waals surface area contributed by atoms with Crippen molar-refractivity contribution in [2.45, 2.75) is 51.0 Å². The Morgan fingerprint density at radius 3 is 1.81 bits per heavy atom. The number of carbonyl (C=O) groups is 2. The zero-order valence-electron chi connectivity index (χ0n) is 12.2. The molecule has 0 heterocycles. The van der Waals surface area contributed by atoms with Crippen molar-refractivity contribution in [3.63, 3.8) is 0 Å². The second-order valence-electron chi connectivity index (χ2n) is 5.71. The molecule has 0 aromatic heterocycles. The van der Waals surface area contributed by atoms with E-state index >= 15 is 0 Å². The largest absolute Gasteiger partial charge is 0.382 e. The van der Waals surface area contributed by atoms with E-state index in [4.69, 9.17) is 11.5 Å². The first-order chi connectivity index (χ1) is 10.1. The van der Waals surface area contributed by atoms with Crippen molar-refractivity contribution < 1.29 is 9.59 Å². The molecule has 114 valence electrons. The van der Waals surface area contributed by atoms with Crippen LogP contribution in [0.15, 0.2) is 18.2 Å². The summed E-state index contributed by atoms with van der Waals surface area (Å²) >= 11 is 0. The van der Waals surface area contributed by atoms with Crippen LogP contribution in [-0.4, -0.2) is 17.9 Å². The van der Waals surface area contributed by atoms with Crippen LogP contribution in [0.25, 0.3) is 0 Å². The van der Waals surface area contributed by atoms with E-state index in [1.165, 1.54) is 38.2 Å². The quantitative estimate of drug-likeness (QED) is 0.793. The molecule has 5 nitrogen and oxygen atoms in total. The minimum Gasteiger partial charge on any atom is -0.382 e. The summed E-state index contributed by atoms with van der Waals surface area (Å²) in [5.41, 5.74) is 12.0. The number of nitrogens with two attached hydrogens (primary N) is 2. The van der Waals surface area contributed by atoms with Crippen LogP contribution >= 0.6 is 0 Å². The average molecular weight is 289 g/mol. The number of rotatable bonds is 4. The van der Waals surface area contributed by atoms with Gasteiger partial charge in [-0.25, -0.2) is 0 Å². The molecule has 21 heavy (non-hydrogen) atoms.